The van der Waals surface area contributed by atoms with Crippen molar-refractivity contribution in [1.29, 1.82) is 0 Å². The van der Waals surface area contributed by atoms with Gasteiger partial charge in [-0.25, -0.2) is 9.97 Å². The zero-order valence-electron chi connectivity index (χ0n) is 13.1. The van der Waals surface area contributed by atoms with Crippen LogP contribution in [0.25, 0.3) is 16.9 Å². The van der Waals surface area contributed by atoms with Crippen molar-refractivity contribution in [3.8, 4) is 17.0 Å². The third-order valence-corrected chi connectivity index (χ3v) is 4.55. The number of benzene rings is 1. The molecule has 0 aliphatic heterocycles. The number of nitrogens with zero attached hydrogens (tertiary/aromatic N) is 3. The molecule has 0 fully saturated rings. The molecule has 24 heavy (non-hydrogen) atoms. The van der Waals surface area contributed by atoms with Crippen LogP contribution in [0.1, 0.15) is 5.56 Å². The average Bonchev–Trinajstić information content (AvgIpc) is 3.29. The Labute approximate surface area is 143 Å². The molecule has 0 saturated heterocycles. The number of nitrogens with one attached hydrogen (secondary N) is 1. The number of ether oxygens (including phenoxy) is 1. The number of anilines is 1. The molecular weight excluding hydrogens is 320 g/mol. The SMILES string of the molecule is COc1ccc(CNc2nccn3c(-c4ccsc4)cnc23)cc1. The highest BCUT2D eigenvalue weighted by Gasteiger charge is 2.10. The third kappa shape index (κ3) is 2.72. The molecular formula is C18H16N4OS. The highest BCUT2D eigenvalue weighted by Crippen LogP contribution is 2.25. The van der Waals surface area contributed by atoms with E-state index in [1.807, 2.05) is 36.7 Å². The quantitative estimate of drug-likeness (QED) is 0.597. The molecule has 1 aromatic carbocycles. The Bertz CT molecular complexity index is 945. The maximum atomic E-state index is 5.18. The van der Waals surface area contributed by atoms with Gasteiger partial charge in [0.05, 0.1) is 19.0 Å². The number of hydrogen-bond donors (Lipinski definition) is 1. The van der Waals surface area contributed by atoms with E-state index in [0.717, 1.165) is 28.5 Å². The van der Waals surface area contributed by atoms with Gasteiger partial charge in [0.1, 0.15) is 5.75 Å². The number of imidazole rings is 1. The van der Waals surface area contributed by atoms with Crippen LogP contribution >= 0.6 is 11.3 Å². The molecule has 0 spiro atoms. The summed E-state index contributed by atoms with van der Waals surface area (Å²) in [5.74, 6) is 1.63. The van der Waals surface area contributed by atoms with Gasteiger partial charge in [0.2, 0.25) is 0 Å². The maximum absolute atomic E-state index is 5.18. The van der Waals surface area contributed by atoms with Gasteiger partial charge < -0.3 is 10.1 Å². The molecule has 0 saturated carbocycles. The summed E-state index contributed by atoms with van der Waals surface area (Å²) in [6.45, 7) is 0.678. The van der Waals surface area contributed by atoms with Crippen LogP contribution in [0, 0.1) is 0 Å². The van der Waals surface area contributed by atoms with E-state index in [4.69, 9.17) is 4.74 Å². The van der Waals surface area contributed by atoms with E-state index in [1.165, 1.54) is 5.56 Å². The fraction of sp³-hybridized carbons (Fsp3) is 0.111. The van der Waals surface area contributed by atoms with Crippen molar-refractivity contribution >= 4 is 22.8 Å². The van der Waals surface area contributed by atoms with E-state index in [9.17, 15) is 0 Å². The van der Waals surface area contributed by atoms with Gasteiger partial charge in [-0.05, 0) is 29.1 Å². The molecule has 6 heteroatoms. The van der Waals surface area contributed by atoms with Crippen LogP contribution in [0.2, 0.25) is 0 Å². The van der Waals surface area contributed by atoms with Crippen molar-refractivity contribution in [3.05, 3.63) is 65.2 Å². The Kier molecular flexibility index (Phi) is 3.88. The molecule has 120 valence electrons. The lowest BCUT2D eigenvalue weighted by Crippen LogP contribution is -2.04. The van der Waals surface area contributed by atoms with Crippen LogP contribution in [0.4, 0.5) is 5.82 Å². The van der Waals surface area contributed by atoms with Gasteiger partial charge in [-0.3, -0.25) is 4.40 Å². The largest absolute Gasteiger partial charge is 0.497 e. The summed E-state index contributed by atoms with van der Waals surface area (Å²) >= 11 is 1.68. The minimum atomic E-state index is 0.678. The Balaban J connectivity index is 1.60. The molecule has 0 radical (unpaired) electrons. The Morgan fingerprint density at radius 3 is 2.79 bits per heavy atom. The third-order valence-electron chi connectivity index (χ3n) is 3.86. The molecule has 3 aromatic heterocycles. The molecule has 1 N–H and O–H groups in total. The maximum Gasteiger partial charge on any atom is 0.180 e. The Hall–Kier alpha value is -2.86. The second-order valence-corrected chi connectivity index (χ2v) is 6.11. The van der Waals surface area contributed by atoms with Gasteiger partial charge in [0.15, 0.2) is 11.5 Å². The predicted octanol–water partition coefficient (Wildman–Crippen LogP) is 4.08. The number of aromatic nitrogens is 3. The fourth-order valence-electron chi connectivity index (χ4n) is 2.60. The lowest BCUT2D eigenvalue weighted by atomic mass is 10.2. The van der Waals surface area contributed by atoms with Crippen LogP contribution < -0.4 is 10.1 Å². The molecule has 4 aromatic rings. The topological polar surface area (TPSA) is 51.5 Å². The van der Waals surface area contributed by atoms with Crippen molar-refractivity contribution in [2.75, 3.05) is 12.4 Å². The minimum absolute atomic E-state index is 0.678. The van der Waals surface area contributed by atoms with Crippen molar-refractivity contribution in [1.82, 2.24) is 14.4 Å². The van der Waals surface area contributed by atoms with Gasteiger partial charge in [-0.1, -0.05) is 12.1 Å². The second-order valence-electron chi connectivity index (χ2n) is 5.33. The number of thiophene rings is 1. The first kappa shape index (κ1) is 14.7. The minimum Gasteiger partial charge on any atom is -0.497 e. The van der Waals surface area contributed by atoms with Crippen molar-refractivity contribution in [2.45, 2.75) is 6.54 Å². The van der Waals surface area contributed by atoms with Gasteiger partial charge in [-0.2, -0.15) is 11.3 Å². The van der Waals surface area contributed by atoms with Gasteiger partial charge in [0.25, 0.3) is 0 Å². The summed E-state index contributed by atoms with van der Waals surface area (Å²) < 4.78 is 7.24. The molecule has 5 nitrogen and oxygen atoms in total. The number of methoxy groups -OCH3 is 1. The molecule has 0 unspecified atom stereocenters. The zero-order chi connectivity index (χ0) is 16.4. The van der Waals surface area contributed by atoms with E-state index in [0.29, 0.717) is 6.54 Å². The van der Waals surface area contributed by atoms with Crippen molar-refractivity contribution < 1.29 is 4.74 Å². The molecule has 3 heterocycles. The lowest BCUT2D eigenvalue weighted by molar-refractivity contribution is 0.414. The predicted molar refractivity (Wildman–Crippen MR) is 96.6 cm³/mol. The van der Waals surface area contributed by atoms with Crippen molar-refractivity contribution in [2.24, 2.45) is 0 Å². The molecule has 0 bridgehead atoms. The monoisotopic (exact) mass is 336 g/mol. The Morgan fingerprint density at radius 2 is 2.04 bits per heavy atom. The molecule has 0 atom stereocenters. The number of fused-ring (bicyclic) bond motifs is 1. The van der Waals surface area contributed by atoms with E-state index < -0.39 is 0 Å². The Morgan fingerprint density at radius 1 is 1.17 bits per heavy atom. The first-order chi connectivity index (χ1) is 11.8. The number of rotatable bonds is 5. The standard InChI is InChI=1S/C18H16N4OS/c1-23-15-4-2-13(3-5-15)10-20-17-18-21-11-16(14-6-9-24-12-14)22(18)8-7-19-17/h2-9,11-12H,10H2,1H3,(H,19,20). The summed E-state index contributed by atoms with van der Waals surface area (Å²) in [5, 5.41) is 7.55. The lowest BCUT2D eigenvalue weighted by Gasteiger charge is -2.08. The van der Waals surface area contributed by atoms with Gasteiger partial charge in [0, 0.05) is 29.9 Å². The summed E-state index contributed by atoms with van der Waals surface area (Å²) in [4.78, 5) is 8.97. The van der Waals surface area contributed by atoms with Crippen LogP contribution in [0.15, 0.2) is 59.7 Å². The van der Waals surface area contributed by atoms with Gasteiger partial charge >= 0.3 is 0 Å². The highest BCUT2D eigenvalue weighted by molar-refractivity contribution is 7.08. The molecule has 4 rings (SSSR count). The first-order valence-electron chi connectivity index (χ1n) is 7.56. The van der Waals surface area contributed by atoms with Crippen LogP contribution in [-0.4, -0.2) is 21.5 Å². The van der Waals surface area contributed by atoms with E-state index in [-0.39, 0.29) is 0 Å². The molecule has 0 aliphatic rings. The molecule has 0 aliphatic carbocycles. The first-order valence-corrected chi connectivity index (χ1v) is 8.51. The average molecular weight is 336 g/mol. The number of hydrogen-bond acceptors (Lipinski definition) is 5. The highest BCUT2D eigenvalue weighted by atomic mass is 32.1. The summed E-state index contributed by atoms with van der Waals surface area (Å²) in [6.07, 6.45) is 5.62. The van der Waals surface area contributed by atoms with E-state index in [2.05, 4.69) is 36.5 Å². The van der Waals surface area contributed by atoms with Crippen molar-refractivity contribution in [3.63, 3.8) is 0 Å². The second kappa shape index (κ2) is 6.33. The summed E-state index contributed by atoms with van der Waals surface area (Å²) in [7, 11) is 1.67. The fourth-order valence-corrected chi connectivity index (χ4v) is 3.25. The zero-order valence-corrected chi connectivity index (χ0v) is 14.0. The molecule has 0 amide bonds. The van der Waals surface area contributed by atoms with E-state index >= 15 is 0 Å². The summed E-state index contributed by atoms with van der Waals surface area (Å²) in [5.41, 5.74) is 4.22. The summed E-state index contributed by atoms with van der Waals surface area (Å²) in [6, 6.07) is 10.1. The van der Waals surface area contributed by atoms with Crippen LogP contribution in [0.3, 0.4) is 0 Å². The van der Waals surface area contributed by atoms with Crippen LogP contribution in [0.5, 0.6) is 5.75 Å². The normalized spacial score (nSPS) is 10.9. The van der Waals surface area contributed by atoms with E-state index in [1.54, 1.807) is 24.6 Å². The van der Waals surface area contributed by atoms with Gasteiger partial charge in [-0.15, -0.1) is 0 Å². The van der Waals surface area contributed by atoms with Crippen LogP contribution in [-0.2, 0) is 6.54 Å². The smallest absolute Gasteiger partial charge is 0.180 e.